The summed E-state index contributed by atoms with van der Waals surface area (Å²) in [6.45, 7) is 1.37. The highest BCUT2D eigenvalue weighted by Crippen LogP contribution is 2.20. The van der Waals surface area contributed by atoms with E-state index in [1.54, 1.807) is 13.0 Å². The molecule has 1 rings (SSSR count). The van der Waals surface area contributed by atoms with Crippen molar-refractivity contribution in [1.29, 1.82) is 0 Å². The van der Waals surface area contributed by atoms with Gasteiger partial charge in [0.05, 0.1) is 13.0 Å². The number of nitrogens with two attached hydrogens (primary N) is 1. The molecule has 16 heavy (non-hydrogen) atoms. The van der Waals surface area contributed by atoms with Crippen LogP contribution in [0.4, 0.5) is 13.2 Å². The van der Waals surface area contributed by atoms with Crippen molar-refractivity contribution in [2.24, 2.45) is 5.73 Å². The average Bonchev–Trinajstić information content (AvgIpc) is 2.16. The first kappa shape index (κ1) is 12.8. The van der Waals surface area contributed by atoms with Gasteiger partial charge in [0.25, 0.3) is 0 Å². The highest BCUT2D eigenvalue weighted by molar-refractivity contribution is 5.19. The van der Waals surface area contributed by atoms with E-state index >= 15 is 0 Å². The number of aromatic nitrogens is 1. The van der Waals surface area contributed by atoms with Crippen molar-refractivity contribution < 1.29 is 17.9 Å². The predicted octanol–water partition coefficient (Wildman–Crippen LogP) is 2.43. The van der Waals surface area contributed by atoms with Crippen molar-refractivity contribution in [3.63, 3.8) is 0 Å². The molecule has 6 heteroatoms. The molecule has 1 heterocycles. The third-order valence-electron chi connectivity index (χ3n) is 1.92. The van der Waals surface area contributed by atoms with Crippen molar-refractivity contribution in [3.05, 3.63) is 23.9 Å². The minimum absolute atomic E-state index is 0.156. The lowest BCUT2D eigenvalue weighted by Crippen LogP contribution is -2.13. The molecule has 0 saturated carbocycles. The highest BCUT2D eigenvalue weighted by Gasteiger charge is 2.26. The number of hydrogen-bond acceptors (Lipinski definition) is 3. The van der Waals surface area contributed by atoms with E-state index in [-0.39, 0.29) is 11.9 Å². The molecular weight excluding hydrogens is 221 g/mol. The molecule has 90 valence electrons. The zero-order valence-electron chi connectivity index (χ0n) is 8.79. The van der Waals surface area contributed by atoms with Crippen LogP contribution in [0.5, 0.6) is 5.88 Å². The van der Waals surface area contributed by atoms with Gasteiger partial charge in [0, 0.05) is 18.3 Å². The lowest BCUT2D eigenvalue weighted by atomic mass is 10.2. The minimum atomic E-state index is -4.20. The second kappa shape index (κ2) is 5.16. The molecule has 0 aromatic carbocycles. The molecule has 0 unspecified atom stereocenters. The second-order valence-electron chi connectivity index (χ2n) is 3.43. The number of nitrogens with zero attached hydrogens (tertiary/aromatic N) is 1. The molecule has 0 radical (unpaired) electrons. The van der Waals surface area contributed by atoms with Crippen LogP contribution in [0.3, 0.4) is 0 Å². The fourth-order valence-electron chi connectivity index (χ4n) is 1.02. The van der Waals surface area contributed by atoms with Gasteiger partial charge in [0.2, 0.25) is 5.88 Å². The Labute approximate surface area is 91.4 Å². The lowest BCUT2D eigenvalue weighted by Gasteiger charge is -2.09. The number of ether oxygens (including phenoxy) is 1. The maximum atomic E-state index is 11.8. The summed E-state index contributed by atoms with van der Waals surface area (Å²) in [6, 6.07) is 3.03. The fraction of sp³-hybridized carbons (Fsp3) is 0.500. The summed E-state index contributed by atoms with van der Waals surface area (Å²) in [6.07, 6.45) is -3.69. The van der Waals surface area contributed by atoms with Gasteiger partial charge in [0.15, 0.2) is 0 Å². The van der Waals surface area contributed by atoms with Gasteiger partial charge in [-0.1, -0.05) is 6.07 Å². The number of halogens is 3. The Morgan fingerprint density at radius 3 is 2.56 bits per heavy atom. The highest BCUT2D eigenvalue weighted by atomic mass is 19.4. The maximum absolute atomic E-state index is 11.8. The van der Waals surface area contributed by atoms with Crippen molar-refractivity contribution in [2.45, 2.75) is 25.6 Å². The van der Waals surface area contributed by atoms with Crippen LogP contribution in [0.1, 0.15) is 24.9 Å². The van der Waals surface area contributed by atoms with Crippen molar-refractivity contribution >= 4 is 0 Å². The zero-order chi connectivity index (χ0) is 12.2. The molecule has 2 N–H and O–H groups in total. The molecule has 0 amide bonds. The van der Waals surface area contributed by atoms with E-state index in [1.807, 2.05) is 0 Å². The smallest absolute Gasteiger partial charge is 0.392 e. The van der Waals surface area contributed by atoms with Gasteiger partial charge in [-0.25, -0.2) is 4.98 Å². The van der Waals surface area contributed by atoms with Gasteiger partial charge in [-0.3, -0.25) is 0 Å². The van der Waals surface area contributed by atoms with E-state index in [2.05, 4.69) is 4.98 Å². The van der Waals surface area contributed by atoms with Gasteiger partial charge in [0.1, 0.15) is 0 Å². The Morgan fingerprint density at radius 2 is 2.12 bits per heavy atom. The third-order valence-corrected chi connectivity index (χ3v) is 1.92. The molecule has 3 nitrogen and oxygen atoms in total. The number of hydrogen-bond donors (Lipinski definition) is 1. The quantitative estimate of drug-likeness (QED) is 0.870. The molecular formula is C10H13F3N2O. The molecule has 1 atom stereocenters. The first-order chi connectivity index (χ1) is 7.38. The van der Waals surface area contributed by atoms with Crippen LogP contribution < -0.4 is 10.5 Å². The van der Waals surface area contributed by atoms with E-state index in [9.17, 15) is 13.2 Å². The van der Waals surface area contributed by atoms with E-state index in [0.717, 1.165) is 5.56 Å². The summed E-state index contributed by atoms with van der Waals surface area (Å²) in [4.78, 5) is 3.85. The molecule has 0 fully saturated rings. The number of rotatable bonds is 4. The molecule has 1 aromatic rings. The zero-order valence-corrected chi connectivity index (χ0v) is 8.79. The summed E-state index contributed by atoms with van der Waals surface area (Å²) in [5.41, 5.74) is 6.40. The van der Waals surface area contributed by atoms with Crippen molar-refractivity contribution in [3.8, 4) is 5.88 Å². The van der Waals surface area contributed by atoms with Gasteiger partial charge < -0.3 is 10.5 Å². The molecule has 0 aliphatic carbocycles. The minimum Gasteiger partial charge on any atom is -0.477 e. The van der Waals surface area contributed by atoms with Crippen LogP contribution >= 0.6 is 0 Å². The van der Waals surface area contributed by atoms with Crippen LogP contribution in [-0.4, -0.2) is 17.8 Å². The van der Waals surface area contributed by atoms with E-state index in [4.69, 9.17) is 10.5 Å². The van der Waals surface area contributed by atoms with Crippen molar-refractivity contribution in [2.75, 3.05) is 6.61 Å². The maximum Gasteiger partial charge on any atom is 0.392 e. The molecule has 0 aliphatic heterocycles. The summed E-state index contributed by atoms with van der Waals surface area (Å²) >= 11 is 0. The summed E-state index contributed by atoms with van der Waals surface area (Å²) in [5.74, 6) is 0.175. The Bertz CT molecular complexity index is 322. The van der Waals surface area contributed by atoms with Crippen LogP contribution in [0.15, 0.2) is 18.3 Å². The SMILES string of the molecule is C[C@@H](N)c1ccc(OCCC(F)(F)F)nc1. The molecule has 0 saturated heterocycles. The van der Waals surface area contributed by atoms with Crippen LogP contribution in [-0.2, 0) is 0 Å². The third kappa shape index (κ3) is 4.48. The summed E-state index contributed by atoms with van der Waals surface area (Å²) in [5, 5.41) is 0. The van der Waals surface area contributed by atoms with Crippen LogP contribution in [0.2, 0.25) is 0 Å². The Morgan fingerprint density at radius 1 is 1.44 bits per heavy atom. The Hall–Kier alpha value is -1.30. The number of pyridine rings is 1. The topological polar surface area (TPSA) is 48.1 Å². The summed E-state index contributed by atoms with van der Waals surface area (Å²) in [7, 11) is 0. The predicted molar refractivity (Wildman–Crippen MR) is 53.0 cm³/mol. The monoisotopic (exact) mass is 234 g/mol. The van der Waals surface area contributed by atoms with Crippen LogP contribution in [0, 0.1) is 0 Å². The van der Waals surface area contributed by atoms with E-state index in [1.165, 1.54) is 12.3 Å². The lowest BCUT2D eigenvalue weighted by molar-refractivity contribution is -0.139. The van der Waals surface area contributed by atoms with E-state index in [0.29, 0.717) is 0 Å². The standard InChI is InChI=1S/C10H13F3N2O/c1-7(14)8-2-3-9(15-6-8)16-5-4-10(11,12)13/h2-3,6-7H,4-5,14H2,1H3/t7-/m1/s1. The van der Waals surface area contributed by atoms with Crippen LogP contribution in [0.25, 0.3) is 0 Å². The first-order valence-corrected chi connectivity index (χ1v) is 4.79. The Balaban J connectivity index is 2.44. The van der Waals surface area contributed by atoms with Gasteiger partial charge in [-0.2, -0.15) is 13.2 Å². The van der Waals surface area contributed by atoms with E-state index < -0.39 is 19.2 Å². The first-order valence-electron chi connectivity index (χ1n) is 4.79. The Kier molecular flexibility index (Phi) is 4.12. The fourth-order valence-corrected chi connectivity index (χ4v) is 1.02. The second-order valence-corrected chi connectivity index (χ2v) is 3.43. The normalized spacial score (nSPS) is 13.6. The number of alkyl halides is 3. The molecule has 1 aromatic heterocycles. The molecule has 0 spiro atoms. The average molecular weight is 234 g/mol. The summed E-state index contributed by atoms with van der Waals surface area (Å²) < 4.78 is 40.3. The largest absolute Gasteiger partial charge is 0.477 e. The molecule has 0 bridgehead atoms. The van der Waals surface area contributed by atoms with Gasteiger partial charge in [-0.15, -0.1) is 0 Å². The molecule has 0 aliphatic rings. The van der Waals surface area contributed by atoms with Gasteiger partial charge >= 0.3 is 6.18 Å². The van der Waals surface area contributed by atoms with Crippen molar-refractivity contribution in [1.82, 2.24) is 4.98 Å². The van der Waals surface area contributed by atoms with Gasteiger partial charge in [-0.05, 0) is 12.5 Å².